The molecule has 0 spiro atoms. The molecule has 0 aromatic heterocycles. The van der Waals surface area contributed by atoms with Crippen molar-refractivity contribution in [3.8, 4) is 0 Å². The third kappa shape index (κ3) is 53.7. The SMILES string of the molecule is CCCCC[S-].CCCCC[S-].CCCCC[S-].[Sb+3]. The minimum absolute atomic E-state index is 0. The molecule has 4 heteroatoms. The molecule has 0 heterocycles. The first-order chi connectivity index (χ1) is 8.74. The Hall–Kier alpha value is 1.87. The Balaban J connectivity index is -0.0000000865. The molecule has 0 aliphatic carbocycles. The third-order valence-electron chi connectivity index (χ3n) is 2.24. The van der Waals surface area contributed by atoms with Gasteiger partial charge in [-0.3, -0.25) is 0 Å². The Morgan fingerprint density at radius 3 is 0.737 bits per heavy atom. The Bertz CT molecular complexity index is 72.4. The summed E-state index contributed by atoms with van der Waals surface area (Å²) in [5, 5.41) is 0. The topological polar surface area (TPSA) is 0 Å². The van der Waals surface area contributed by atoms with E-state index in [-0.39, 0.29) is 24.4 Å². The van der Waals surface area contributed by atoms with Crippen LogP contribution in [0.4, 0.5) is 0 Å². The Morgan fingerprint density at radius 1 is 0.474 bits per heavy atom. The quantitative estimate of drug-likeness (QED) is 0.293. The van der Waals surface area contributed by atoms with Gasteiger partial charge in [0.1, 0.15) is 0 Å². The molecule has 0 aliphatic heterocycles. The van der Waals surface area contributed by atoms with Crippen molar-refractivity contribution in [3.05, 3.63) is 0 Å². The molecule has 0 nitrogen and oxygen atoms in total. The first-order valence-electron chi connectivity index (χ1n) is 7.49. The van der Waals surface area contributed by atoms with E-state index in [2.05, 4.69) is 20.8 Å². The normalized spacial score (nSPS) is 8.53. The zero-order valence-electron chi connectivity index (χ0n) is 13.2. The monoisotopic (exact) mass is 430 g/mol. The van der Waals surface area contributed by atoms with Crippen LogP contribution < -0.4 is 0 Å². The molecule has 2 radical (unpaired) electrons. The molecule has 0 aliphatic rings. The van der Waals surface area contributed by atoms with Crippen molar-refractivity contribution in [2.75, 3.05) is 17.3 Å². The first-order valence-corrected chi connectivity index (χ1v) is 9.22. The smallest absolute Gasteiger partial charge is 0.793 e. The second-order valence-corrected chi connectivity index (χ2v) is 5.46. The summed E-state index contributed by atoms with van der Waals surface area (Å²) in [6.07, 6.45) is 11.5. The van der Waals surface area contributed by atoms with Gasteiger partial charge in [0.05, 0.1) is 0 Å². The fourth-order valence-electron chi connectivity index (χ4n) is 1.06. The summed E-state index contributed by atoms with van der Waals surface area (Å²) in [6.45, 7) is 6.56. The fraction of sp³-hybridized carbons (Fsp3) is 1.00. The van der Waals surface area contributed by atoms with Gasteiger partial charge in [-0.1, -0.05) is 78.6 Å². The van der Waals surface area contributed by atoms with Crippen LogP contribution in [0.1, 0.15) is 78.6 Å². The van der Waals surface area contributed by atoms with Gasteiger partial charge < -0.3 is 37.9 Å². The van der Waals surface area contributed by atoms with Gasteiger partial charge in [-0.05, 0) is 0 Å². The van der Waals surface area contributed by atoms with Crippen molar-refractivity contribution >= 4 is 62.3 Å². The molecule has 0 atom stereocenters. The van der Waals surface area contributed by atoms with E-state index in [1.165, 1.54) is 57.8 Å². The minimum Gasteiger partial charge on any atom is -0.793 e. The van der Waals surface area contributed by atoms with Crippen LogP contribution in [-0.2, 0) is 37.9 Å². The van der Waals surface area contributed by atoms with Gasteiger partial charge in [0.15, 0.2) is 0 Å². The van der Waals surface area contributed by atoms with Crippen molar-refractivity contribution in [3.63, 3.8) is 0 Å². The minimum atomic E-state index is 0. The summed E-state index contributed by atoms with van der Waals surface area (Å²) in [5.41, 5.74) is 0. The number of hydrogen-bond donors (Lipinski definition) is 0. The average Bonchev–Trinajstić information content (AvgIpc) is 2.42. The van der Waals surface area contributed by atoms with E-state index in [0.29, 0.717) is 0 Å². The van der Waals surface area contributed by atoms with Gasteiger partial charge in [-0.2, -0.15) is 17.3 Å². The van der Waals surface area contributed by atoms with Crippen LogP contribution in [0.3, 0.4) is 0 Å². The zero-order chi connectivity index (χ0) is 14.5. The van der Waals surface area contributed by atoms with Crippen LogP contribution in [0, 0.1) is 0 Å². The van der Waals surface area contributed by atoms with Gasteiger partial charge in [0.2, 0.25) is 0 Å². The van der Waals surface area contributed by atoms with Gasteiger partial charge in [-0.25, -0.2) is 0 Å². The standard InChI is InChI=1S/3C5H12S.Sb/c3*1-2-3-4-5-6;/h3*6H,2-5H2,1H3;/q;;;+3/p-3. The molecule has 0 unspecified atom stereocenters. The molecule has 0 aromatic carbocycles. The second kappa shape index (κ2) is 36.8. The molecule has 0 amide bonds. The molecule has 0 saturated carbocycles. The van der Waals surface area contributed by atoms with Gasteiger partial charge in [-0.15, -0.1) is 0 Å². The molecular weight excluding hydrogens is 398 g/mol. The second-order valence-electron chi connectivity index (χ2n) is 4.23. The summed E-state index contributed by atoms with van der Waals surface area (Å²) in [7, 11) is 0. The van der Waals surface area contributed by atoms with Crippen molar-refractivity contribution in [1.82, 2.24) is 0 Å². The number of unbranched alkanes of at least 4 members (excludes halogenated alkanes) is 6. The fourth-order valence-corrected chi connectivity index (χ4v) is 1.67. The maximum Gasteiger partial charge on any atom is 3.00 e. The summed E-state index contributed by atoms with van der Waals surface area (Å²) in [4.78, 5) is 0. The summed E-state index contributed by atoms with van der Waals surface area (Å²) in [5.74, 6) is 2.82. The largest absolute Gasteiger partial charge is 3.00 e. The molecule has 0 bridgehead atoms. The molecule has 0 N–H and O–H groups in total. The van der Waals surface area contributed by atoms with E-state index >= 15 is 0 Å². The molecule has 0 saturated heterocycles. The Morgan fingerprint density at radius 2 is 0.684 bits per heavy atom. The maximum absolute atomic E-state index is 4.72. The number of rotatable bonds is 9. The first kappa shape index (κ1) is 29.0. The van der Waals surface area contributed by atoms with Crippen LogP contribution in [0.15, 0.2) is 0 Å². The van der Waals surface area contributed by atoms with Crippen molar-refractivity contribution in [2.24, 2.45) is 0 Å². The Labute approximate surface area is 157 Å². The summed E-state index contributed by atoms with van der Waals surface area (Å²) >= 11 is 14.2. The van der Waals surface area contributed by atoms with Gasteiger partial charge in [0, 0.05) is 0 Å². The van der Waals surface area contributed by atoms with E-state index in [1.807, 2.05) is 0 Å². The van der Waals surface area contributed by atoms with Crippen molar-refractivity contribution in [2.45, 2.75) is 78.6 Å². The predicted octanol–water partition coefficient (Wildman–Crippen LogP) is 4.79. The molecule has 19 heavy (non-hydrogen) atoms. The Kier molecular flexibility index (Phi) is 56.0. The summed E-state index contributed by atoms with van der Waals surface area (Å²) < 4.78 is 0. The molecule has 0 fully saturated rings. The van der Waals surface area contributed by atoms with Crippen molar-refractivity contribution < 1.29 is 0 Å². The summed E-state index contributed by atoms with van der Waals surface area (Å²) in [6, 6.07) is 0. The van der Waals surface area contributed by atoms with E-state index in [4.69, 9.17) is 37.9 Å². The zero-order valence-corrected chi connectivity index (χ0v) is 18.2. The van der Waals surface area contributed by atoms with E-state index in [0.717, 1.165) is 17.3 Å². The predicted molar refractivity (Wildman–Crippen MR) is 101 cm³/mol. The average molecular weight is 431 g/mol. The van der Waals surface area contributed by atoms with Crippen LogP contribution in [0.25, 0.3) is 0 Å². The van der Waals surface area contributed by atoms with Crippen LogP contribution >= 0.6 is 0 Å². The van der Waals surface area contributed by atoms with E-state index < -0.39 is 0 Å². The number of hydrogen-bond acceptors (Lipinski definition) is 3. The van der Waals surface area contributed by atoms with Crippen LogP contribution in [0.5, 0.6) is 0 Å². The third-order valence-corrected chi connectivity index (χ3v) is 3.11. The molecule has 116 valence electrons. The van der Waals surface area contributed by atoms with Crippen molar-refractivity contribution in [1.29, 1.82) is 0 Å². The van der Waals surface area contributed by atoms with Crippen LogP contribution in [-0.4, -0.2) is 41.7 Å². The van der Waals surface area contributed by atoms with E-state index in [1.54, 1.807) is 0 Å². The molecule has 0 rings (SSSR count). The van der Waals surface area contributed by atoms with Crippen LogP contribution in [0.2, 0.25) is 0 Å². The maximum atomic E-state index is 4.72. The molecule has 0 aromatic rings. The molecular formula is C15H33S3Sb. The van der Waals surface area contributed by atoms with Gasteiger partial charge >= 0.3 is 24.4 Å². The van der Waals surface area contributed by atoms with Gasteiger partial charge in [0.25, 0.3) is 0 Å². The van der Waals surface area contributed by atoms with E-state index in [9.17, 15) is 0 Å².